The average Bonchev–Trinajstić information content (AvgIpc) is 3.18. The number of hydrogen-bond acceptors (Lipinski definition) is 1. The van der Waals surface area contributed by atoms with Gasteiger partial charge < -0.3 is 0 Å². The Morgan fingerprint density at radius 1 is 0.806 bits per heavy atom. The van der Waals surface area contributed by atoms with Crippen molar-refractivity contribution >= 4 is 44.6 Å². The molecule has 2 aromatic heterocycles. The zero-order chi connectivity index (χ0) is 26.0. The minimum atomic E-state index is -4.25. The van der Waals surface area contributed by atoms with Crippen molar-refractivity contribution in [2.24, 2.45) is 5.41 Å². The maximum absolute atomic E-state index is 13.6. The first-order chi connectivity index (χ1) is 16.8. The summed E-state index contributed by atoms with van der Waals surface area (Å²) in [5.74, 6) is 0. The molecule has 0 unspecified atom stereocenters. The van der Waals surface area contributed by atoms with E-state index in [4.69, 9.17) is 4.98 Å². The number of rotatable bonds is 3. The predicted molar refractivity (Wildman–Crippen MR) is 146 cm³/mol. The van der Waals surface area contributed by atoms with E-state index in [1.54, 1.807) is 0 Å². The molecule has 2 heterocycles. The fourth-order valence-electron chi connectivity index (χ4n) is 4.98. The number of fused-ring (bicyclic) bond motifs is 4. The van der Waals surface area contributed by atoms with Gasteiger partial charge in [-0.25, -0.2) is 0 Å². The molecule has 0 spiro atoms. The van der Waals surface area contributed by atoms with Gasteiger partial charge in [-0.2, -0.15) is 0 Å². The second-order valence-electron chi connectivity index (χ2n) is 11.4. The molecule has 1 nitrogen and oxygen atoms in total. The molecular weight excluding hydrogens is 522 g/mol. The minimum absolute atomic E-state index is 0.0211. The van der Waals surface area contributed by atoms with E-state index in [-0.39, 0.29) is 26.3 Å². The van der Waals surface area contributed by atoms with Crippen LogP contribution >= 0.6 is 0 Å². The van der Waals surface area contributed by atoms with E-state index in [0.717, 1.165) is 33.2 Å². The molecule has 0 fully saturated rings. The van der Waals surface area contributed by atoms with E-state index in [1.165, 1.54) is 38.7 Å². The van der Waals surface area contributed by atoms with Crippen LogP contribution in [-0.4, -0.2) is 25.7 Å². The van der Waals surface area contributed by atoms with Crippen molar-refractivity contribution in [1.82, 2.24) is 4.98 Å². The van der Waals surface area contributed by atoms with Crippen LogP contribution in [0, 0.1) is 12.3 Å². The van der Waals surface area contributed by atoms with Gasteiger partial charge in [0.25, 0.3) is 0 Å². The quantitative estimate of drug-likeness (QED) is 0.204. The number of halogens is 3. The SMILES string of the molecule is Cc1c(CC(C)(C)C(F)(F)F)ccc2c1[se]c1c(-c3cc(C(C)(C)C)c4ccccc4c3)nccc12. The van der Waals surface area contributed by atoms with Gasteiger partial charge in [-0.3, -0.25) is 0 Å². The number of nitrogens with zero attached hydrogens (tertiary/aromatic N) is 1. The van der Waals surface area contributed by atoms with Crippen molar-refractivity contribution in [3.05, 3.63) is 77.5 Å². The molecule has 5 rings (SSSR count). The number of aryl methyl sites for hydroxylation is 1. The van der Waals surface area contributed by atoms with Gasteiger partial charge in [0.2, 0.25) is 0 Å². The average molecular weight is 553 g/mol. The van der Waals surface area contributed by atoms with Crippen molar-refractivity contribution in [3.63, 3.8) is 0 Å². The van der Waals surface area contributed by atoms with E-state index in [2.05, 4.69) is 63.2 Å². The van der Waals surface area contributed by atoms with Crippen LogP contribution in [0.25, 0.3) is 41.3 Å². The predicted octanol–water partition coefficient (Wildman–Crippen LogP) is 9.00. The summed E-state index contributed by atoms with van der Waals surface area (Å²) >= 11 is -0.0374. The topological polar surface area (TPSA) is 12.9 Å². The van der Waals surface area contributed by atoms with E-state index in [1.807, 2.05) is 25.3 Å². The molecule has 5 heteroatoms. The summed E-state index contributed by atoms with van der Waals surface area (Å²) in [5.41, 5.74) is 3.33. The van der Waals surface area contributed by atoms with Crippen LogP contribution in [-0.2, 0) is 11.8 Å². The summed E-state index contributed by atoms with van der Waals surface area (Å²) in [6, 6.07) is 18.9. The molecular formula is C31H30F3NSe. The van der Waals surface area contributed by atoms with Gasteiger partial charge in [0.05, 0.1) is 0 Å². The van der Waals surface area contributed by atoms with Gasteiger partial charge in [-0.05, 0) is 0 Å². The third-order valence-electron chi connectivity index (χ3n) is 7.26. The molecule has 0 bridgehead atoms. The summed E-state index contributed by atoms with van der Waals surface area (Å²) in [6.07, 6.45) is -2.40. The Labute approximate surface area is 216 Å². The molecule has 0 saturated heterocycles. The van der Waals surface area contributed by atoms with Gasteiger partial charge in [0.15, 0.2) is 0 Å². The molecule has 5 aromatic rings. The number of alkyl halides is 3. The first-order valence-electron chi connectivity index (χ1n) is 12.2. The number of aromatic nitrogens is 1. The van der Waals surface area contributed by atoms with Crippen LogP contribution in [0.4, 0.5) is 13.2 Å². The second-order valence-corrected chi connectivity index (χ2v) is 13.6. The van der Waals surface area contributed by atoms with Crippen molar-refractivity contribution in [3.8, 4) is 11.3 Å². The summed E-state index contributed by atoms with van der Waals surface area (Å²) < 4.78 is 43.2. The maximum atomic E-state index is 13.6. The monoisotopic (exact) mass is 553 g/mol. The van der Waals surface area contributed by atoms with E-state index >= 15 is 0 Å². The van der Waals surface area contributed by atoms with Crippen LogP contribution in [0.15, 0.2) is 60.8 Å². The molecule has 0 atom stereocenters. The molecule has 0 aliphatic rings. The van der Waals surface area contributed by atoms with E-state index in [9.17, 15) is 13.2 Å². The molecule has 36 heavy (non-hydrogen) atoms. The number of benzene rings is 3. The van der Waals surface area contributed by atoms with Crippen LogP contribution in [0.2, 0.25) is 0 Å². The molecule has 0 saturated carbocycles. The zero-order valence-corrected chi connectivity index (χ0v) is 23.2. The number of pyridine rings is 1. The summed E-state index contributed by atoms with van der Waals surface area (Å²) in [5, 5.41) is 4.74. The fourth-order valence-corrected chi connectivity index (χ4v) is 7.78. The Morgan fingerprint density at radius 3 is 2.19 bits per heavy atom. The zero-order valence-electron chi connectivity index (χ0n) is 21.5. The molecule has 3 aromatic carbocycles. The van der Waals surface area contributed by atoms with Crippen molar-refractivity contribution in [1.29, 1.82) is 0 Å². The standard InChI is InChI=1S/C31H30F3NSe/c1-18-20(17-30(5,6)31(32,33)34)11-12-23-24-13-14-35-26(28(24)36-27(18)23)21-15-19-9-7-8-10-22(19)25(16-21)29(2,3)4/h7-16H,17H2,1-6H3. The third-order valence-corrected chi connectivity index (χ3v) is 10.1. The molecule has 0 aliphatic carbocycles. The number of hydrogen-bond donors (Lipinski definition) is 0. The second kappa shape index (κ2) is 8.46. The first-order valence-corrected chi connectivity index (χ1v) is 13.9. The summed E-state index contributed by atoms with van der Waals surface area (Å²) in [7, 11) is 0. The molecule has 186 valence electrons. The Morgan fingerprint density at radius 2 is 1.50 bits per heavy atom. The van der Waals surface area contributed by atoms with Crippen LogP contribution in [0.1, 0.15) is 51.3 Å². The molecule has 0 N–H and O–H groups in total. The molecule has 0 amide bonds. The van der Waals surface area contributed by atoms with Crippen LogP contribution < -0.4 is 0 Å². The van der Waals surface area contributed by atoms with Crippen LogP contribution in [0.3, 0.4) is 0 Å². The Balaban J connectivity index is 1.72. The summed E-state index contributed by atoms with van der Waals surface area (Å²) in [4.78, 5) is 4.84. The Hall–Kier alpha value is -2.62. The van der Waals surface area contributed by atoms with Crippen molar-refractivity contribution in [2.75, 3.05) is 0 Å². The first kappa shape index (κ1) is 25.0. The van der Waals surface area contributed by atoms with E-state index in [0.29, 0.717) is 0 Å². The van der Waals surface area contributed by atoms with Gasteiger partial charge in [0.1, 0.15) is 0 Å². The molecule has 0 aliphatic heterocycles. The van der Waals surface area contributed by atoms with Crippen molar-refractivity contribution < 1.29 is 13.2 Å². The normalized spacial score (nSPS) is 13.2. The Bertz CT molecular complexity index is 1620. The van der Waals surface area contributed by atoms with Gasteiger partial charge in [-0.15, -0.1) is 0 Å². The summed E-state index contributed by atoms with van der Waals surface area (Å²) in [6.45, 7) is 11.2. The molecule has 0 radical (unpaired) electrons. The Kier molecular flexibility index (Phi) is 5.89. The van der Waals surface area contributed by atoms with Gasteiger partial charge >= 0.3 is 216 Å². The van der Waals surface area contributed by atoms with Gasteiger partial charge in [0, 0.05) is 0 Å². The third kappa shape index (κ3) is 4.17. The van der Waals surface area contributed by atoms with Crippen LogP contribution in [0.5, 0.6) is 0 Å². The van der Waals surface area contributed by atoms with Gasteiger partial charge in [-0.1, -0.05) is 0 Å². The van der Waals surface area contributed by atoms with E-state index < -0.39 is 11.6 Å². The fraction of sp³-hybridized carbons (Fsp3) is 0.323. The van der Waals surface area contributed by atoms with Crippen molar-refractivity contribution in [2.45, 2.75) is 59.6 Å².